The van der Waals surface area contributed by atoms with E-state index < -0.39 is 0 Å². The van der Waals surface area contributed by atoms with Gasteiger partial charge in [-0.1, -0.05) is 6.92 Å². The van der Waals surface area contributed by atoms with E-state index in [4.69, 9.17) is 4.42 Å². The highest BCUT2D eigenvalue weighted by molar-refractivity contribution is 6.04. The van der Waals surface area contributed by atoms with E-state index in [-0.39, 0.29) is 17.6 Å². The standard InChI is InChI=1S/C23H22N4O3/c1-2-11-27-19-6-5-18(26-23(29)21-4-3-12-30-21)13-17(19)14-20(27)22(28)25-15-16-7-9-24-10-8-16/h3-10,12-14H,2,11,15H2,1H3,(H,25,28)(H,26,29). The Bertz CT molecular complexity index is 1160. The van der Waals surface area contributed by atoms with Gasteiger partial charge in [0.1, 0.15) is 5.69 Å². The van der Waals surface area contributed by atoms with E-state index in [1.54, 1.807) is 24.5 Å². The van der Waals surface area contributed by atoms with E-state index in [1.165, 1.54) is 6.26 Å². The molecule has 0 saturated heterocycles. The minimum Gasteiger partial charge on any atom is -0.459 e. The van der Waals surface area contributed by atoms with Crippen LogP contribution >= 0.6 is 0 Å². The predicted molar refractivity (Wildman–Crippen MR) is 114 cm³/mol. The summed E-state index contributed by atoms with van der Waals surface area (Å²) < 4.78 is 7.14. The average Bonchev–Trinajstić information content (AvgIpc) is 3.42. The summed E-state index contributed by atoms with van der Waals surface area (Å²) >= 11 is 0. The van der Waals surface area contributed by atoms with Crippen molar-refractivity contribution in [1.82, 2.24) is 14.9 Å². The van der Waals surface area contributed by atoms with Crippen molar-refractivity contribution >= 4 is 28.4 Å². The van der Waals surface area contributed by atoms with Crippen molar-refractivity contribution in [3.8, 4) is 0 Å². The molecule has 7 nitrogen and oxygen atoms in total. The van der Waals surface area contributed by atoms with Crippen LogP contribution in [0.3, 0.4) is 0 Å². The zero-order valence-electron chi connectivity index (χ0n) is 16.6. The second-order valence-electron chi connectivity index (χ2n) is 6.92. The summed E-state index contributed by atoms with van der Waals surface area (Å²) in [7, 11) is 0. The minimum atomic E-state index is -0.317. The van der Waals surface area contributed by atoms with Crippen molar-refractivity contribution in [3.63, 3.8) is 0 Å². The van der Waals surface area contributed by atoms with E-state index in [0.29, 0.717) is 17.9 Å². The number of amides is 2. The highest BCUT2D eigenvalue weighted by Crippen LogP contribution is 2.25. The number of benzene rings is 1. The van der Waals surface area contributed by atoms with Gasteiger partial charge in [-0.2, -0.15) is 0 Å². The number of anilines is 1. The van der Waals surface area contributed by atoms with Gasteiger partial charge in [0.15, 0.2) is 5.76 Å². The molecule has 7 heteroatoms. The number of pyridine rings is 1. The van der Waals surface area contributed by atoms with Crippen molar-refractivity contribution in [3.05, 3.63) is 84.2 Å². The molecule has 0 atom stereocenters. The number of furan rings is 1. The molecule has 3 aromatic heterocycles. The van der Waals surface area contributed by atoms with Gasteiger partial charge in [-0.05, 0) is 60.5 Å². The molecule has 4 aromatic rings. The van der Waals surface area contributed by atoms with Gasteiger partial charge in [0.25, 0.3) is 11.8 Å². The van der Waals surface area contributed by atoms with Crippen LogP contribution in [0.4, 0.5) is 5.69 Å². The number of nitrogens with one attached hydrogen (secondary N) is 2. The van der Waals surface area contributed by atoms with Crippen LogP contribution in [-0.2, 0) is 13.1 Å². The fourth-order valence-electron chi connectivity index (χ4n) is 3.38. The number of carbonyl (C=O) groups is 2. The number of hydrogen-bond acceptors (Lipinski definition) is 4. The highest BCUT2D eigenvalue weighted by atomic mass is 16.3. The number of aryl methyl sites for hydroxylation is 1. The van der Waals surface area contributed by atoms with Crippen molar-refractivity contribution < 1.29 is 14.0 Å². The molecule has 4 rings (SSSR count). The van der Waals surface area contributed by atoms with Gasteiger partial charge in [-0.25, -0.2) is 0 Å². The molecule has 0 radical (unpaired) electrons. The predicted octanol–water partition coefficient (Wildman–Crippen LogP) is 4.22. The molecule has 0 fully saturated rings. The minimum absolute atomic E-state index is 0.141. The molecule has 0 aliphatic carbocycles. The molecule has 1 aromatic carbocycles. The molecular weight excluding hydrogens is 380 g/mol. The molecule has 0 aliphatic rings. The summed E-state index contributed by atoms with van der Waals surface area (Å²) in [4.78, 5) is 29.1. The molecule has 2 amide bonds. The van der Waals surface area contributed by atoms with Crippen molar-refractivity contribution in [1.29, 1.82) is 0 Å². The Morgan fingerprint density at radius 2 is 1.90 bits per heavy atom. The van der Waals surface area contributed by atoms with Gasteiger partial charge in [0.05, 0.1) is 6.26 Å². The zero-order chi connectivity index (χ0) is 20.9. The molecule has 0 saturated carbocycles. The van der Waals surface area contributed by atoms with E-state index in [2.05, 4.69) is 22.5 Å². The summed E-state index contributed by atoms with van der Waals surface area (Å²) in [6.07, 6.45) is 5.76. The summed E-state index contributed by atoms with van der Waals surface area (Å²) in [5.74, 6) is -0.213. The molecule has 30 heavy (non-hydrogen) atoms. The van der Waals surface area contributed by atoms with Crippen LogP contribution < -0.4 is 10.6 Å². The normalized spacial score (nSPS) is 10.8. The molecule has 0 bridgehead atoms. The first kappa shape index (κ1) is 19.4. The van der Waals surface area contributed by atoms with Gasteiger partial charge in [-0.3, -0.25) is 14.6 Å². The van der Waals surface area contributed by atoms with Crippen LogP contribution in [0.1, 0.15) is 40.0 Å². The lowest BCUT2D eigenvalue weighted by atomic mass is 10.2. The number of hydrogen-bond donors (Lipinski definition) is 2. The number of aromatic nitrogens is 2. The number of fused-ring (bicyclic) bond motifs is 1. The molecule has 0 spiro atoms. The van der Waals surface area contributed by atoms with Crippen LogP contribution in [0.25, 0.3) is 10.9 Å². The Kier molecular flexibility index (Phi) is 5.61. The summed E-state index contributed by atoms with van der Waals surface area (Å²) in [5, 5.41) is 6.68. The maximum absolute atomic E-state index is 12.9. The Labute approximate surface area is 173 Å². The molecule has 152 valence electrons. The summed E-state index contributed by atoms with van der Waals surface area (Å²) in [5.41, 5.74) is 3.16. The van der Waals surface area contributed by atoms with Crippen molar-refractivity contribution in [2.75, 3.05) is 5.32 Å². The van der Waals surface area contributed by atoms with Gasteiger partial charge >= 0.3 is 0 Å². The number of nitrogens with zero attached hydrogens (tertiary/aromatic N) is 2. The van der Waals surface area contributed by atoms with Gasteiger partial charge in [0, 0.05) is 42.1 Å². The summed E-state index contributed by atoms with van der Waals surface area (Å²) in [6, 6.07) is 14.5. The third kappa shape index (κ3) is 4.10. The second kappa shape index (κ2) is 8.65. The topological polar surface area (TPSA) is 89.2 Å². The third-order valence-electron chi connectivity index (χ3n) is 4.79. The molecule has 2 N–H and O–H groups in total. The maximum Gasteiger partial charge on any atom is 0.291 e. The molecule has 0 unspecified atom stereocenters. The lowest BCUT2D eigenvalue weighted by molar-refractivity contribution is 0.0941. The largest absolute Gasteiger partial charge is 0.459 e. The van der Waals surface area contributed by atoms with E-state index >= 15 is 0 Å². The van der Waals surface area contributed by atoms with Crippen LogP contribution in [0, 0.1) is 0 Å². The SMILES string of the molecule is CCCn1c(C(=O)NCc2ccncc2)cc2cc(NC(=O)c3ccco3)ccc21. The first-order valence-electron chi connectivity index (χ1n) is 9.81. The van der Waals surface area contributed by atoms with Crippen molar-refractivity contribution in [2.45, 2.75) is 26.4 Å². The Balaban J connectivity index is 1.58. The Morgan fingerprint density at radius 1 is 1.07 bits per heavy atom. The van der Waals surface area contributed by atoms with Gasteiger partial charge in [-0.15, -0.1) is 0 Å². The number of carbonyl (C=O) groups excluding carboxylic acids is 2. The lowest BCUT2D eigenvalue weighted by Gasteiger charge is -2.10. The molecule has 0 aliphatic heterocycles. The quantitative estimate of drug-likeness (QED) is 0.484. The second-order valence-corrected chi connectivity index (χ2v) is 6.92. The van der Waals surface area contributed by atoms with Gasteiger partial charge in [0.2, 0.25) is 0 Å². The summed E-state index contributed by atoms with van der Waals surface area (Å²) in [6.45, 7) is 3.22. The van der Waals surface area contributed by atoms with Crippen LogP contribution in [0.2, 0.25) is 0 Å². The fraction of sp³-hybridized carbons (Fsp3) is 0.174. The first-order chi connectivity index (χ1) is 14.7. The zero-order valence-corrected chi connectivity index (χ0v) is 16.6. The first-order valence-corrected chi connectivity index (χ1v) is 9.81. The van der Waals surface area contributed by atoms with Crippen LogP contribution in [-0.4, -0.2) is 21.4 Å². The van der Waals surface area contributed by atoms with E-state index in [9.17, 15) is 9.59 Å². The highest BCUT2D eigenvalue weighted by Gasteiger charge is 2.16. The fourth-order valence-corrected chi connectivity index (χ4v) is 3.38. The van der Waals surface area contributed by atoms with E-state index in [0.717, 1.165) is 29.4 Å². The van der Waals surface area contributed by atoms with Crippen LogP contribution in [0.15, 0.2) is 71.6 Å². The Morgan fingerprint density at radius 3 is 2.63 bits per heavy atom. The smallest absolute Gasteiger partial charge is 0.291 e. The maximum atomic E-state index is 12.9. The van der Waals surface area contributed by atoms with Crippen LogP contribution in [0.5, 0.6) is 0 Å². The molecule has 3 heterocycles. The van der Waals surface area contributed by atoms with Crippen molar-refractivity contribution in [2.24, 2.45) is 0 Å². The van der Waals surface area contributed by atoms with E-state index in [1.807, 2.05) is 41.0 Å². The molecular formula is C23H22N4O3. The third-order valence-corrected chi connectivity index (χ3v) is 4.79. The van der Waals surface area contributed by atoms with Gasteiger partial charge < -0.3 is 19.6 Å². The Hall–Kier alpha value is -3.87. The monoisotopic (exact) mass is 402 g/mol. The lowest BCUT2D eigenvalue weighted by Crippen LogP contribution is -2.25. The number of rotatable bonds is 7. The average molecular weight is 402 g/mol.